The highest BCUT2D eigenvalue weighted by atomic mass is 19.3. The normalized spacial score (nSPS) is 29.8. The Hall–Kier alpha value is -1.01. The second-order valence-electron chi connectivity index (χ2n) is 2.15. The van der Waals surface area contributed by atoms with Gasteiger partial charge in [0.15, 0.2) is 6.67 Å². The maximum Gasteiger partial charge on any atom is 0.511 e. The maximum absolute atomic E-state index is 12.3. The van der Waals surface area contributed by atoms with E-state index in [9.17, 15) is 22.4 Å². The molecule has 1 saturated heterocycles. The van der Waals surface area contributed by atoms with Gasteiger partial charge in [0.05, 0.1) is 0 Å². The van der Waals surface area contributed by atoms with E-state index in [1.165, 1.54) is 0 Å². The molecule has 0 spiro atoms. The monoisotopic (exact) mass is 188 g/mol. The van der Waals surface area contributed by atoms with Crippen LogP contribution in [0.4, 0.5) is 22.4 Å². The fraction of sp³-hybridized carbons (Fsp3) is 0.800. The summed E-state index contributed by atoms with van der Waals surface area (Å²) in [5.41, 5.74) is 0. The third-order valence-corrected chi connectivity index (χ3v) is 1.26. The van der Waals surface area contributed by atoms with Gasteiger partial charge in [0.2, 0.25) is 6.10 Å². The van der Waals surface area contributed by atoms with Gasteiger partial charge in [-0.2, -0.15) is 13.2 Å². The quantitative estimate of drug-likeness (QED) is 0.485. The van der Waals surface area contributed by atoms with Crippen molar-refractivity contribution in [1.29, 1.82) is 0 Å². The van der Waals surface area contributed by atoms with Crippen LogP contribution < -0.4 is 0 Å². The van der Waals surface area contributed by atoms with Gasteiger partial charge in [0.25, 0.3) is 6.36 Å². The van der Waals surface area contributed by atoms with E-state index < -0.39 is 31.2 Å². The zero-order chi connectivity index (χ0) is 9.35. The zero-order valence-corrected chi connectivity index (χ0v) is 5.60. The predicted octanol–water partition coefficient (Wildman–Crippen LogP) is 1.42. The number of rotatable bonds is 2. The van der Waals surface area contributed by atoms with Crippen LogP contribution in [0.25, 0.3) is 0 Å². The highest BCUT2D eigenvalue weighted by Gasteiger charge is 2.54. The van der Waals surface area contributed by atoms with Crippen molar-refractivity contribution in [1.82, 2.24) is 0 Å². The molecule has 1 heterocycles. The SMILES string of the molecule is O=C1OC(F)C(C(F)(F)CF)O1. The van der Waals surface area contributed by atoms with E-state index in [-0.39, 0.29) is 0 Å². The van der Waals surface area contributed by atoms with Crippen LogP contribution in [-0.2, 0) is 9.47 Å². The molecule has 7 heteroatoms. The molecule has 12 heavy (non-hydrogen) atoms. The standard InChI is InChI=1S/C5H4F4O3/c6-1-5(8,9)2-3(7)12-4(10)11-2/h2-3H,1H2. The number of carbonyl (C=O) groups is 1. The van der Waals surface area contributed by atoms with Gasteiger partial charge >= 0.3 is 12.1 Å². The second kappa shape index (κ2) is 2.80. The van der Waals surface area contributed by atoms with Crippen LogP contribution in [0.3, 0.4) is 0 Å². The van der Waals surface area contributed by atoms with Gasteiger partial charge in [-0.15, -0.1) is 0 Å². The van der Waals surface area contributed by atoms with Crippen LogP contribution in [0, 0.1) is 0 Å². The molecule has 3 nitrogen and oxygen atoms in total. The molecule has 2 atom stereocenters. The number of alkyl halides is 4. The molecule has 1 fully saturated rings. The zero-order valence-electron chi connectivity index (χ0n) is 5.60. The van der Waals surface area contributed by atoms with E-state index >= 15 is 0 Å². The number of halogens is 4. The van der Waals surface area contributed by atoms with Crippen LogP contribution in [0.1, 0.15) is 0 Å². The summed E-state index contributed by atoms with van der Waals surface area (Å²) in [7, 11) is 0. The summed E-state index contributed by atoms with van der Waals surface area (Å²) >= 11 is 0. The molecule has 0 radical (unpaired) electrons. The van der Waals surface area contributed by atoms with Crippen molar-refractivity contribution in [2.24, 2.45) is 0 Å². The molecule has 0 aliphatic carbocycles. The third kappa shape index (κ3) is 1.44. The molecular formula is C5H4F4O3. The van der Waals surface area contributed by atoms with Crippen LogP contribution in [0.5, 0.6) is 0 Å². The van der Waals surface area contributed by atoms with Crippen molar-refractivity contribution in [2.75, 3.05) is 6.67 Å². The number of carbonyl (C=O) groups excluding carboxylic acids is 1. The lowest BCUT2D eigenvalue weighted by Crippen LogP contribution is -2.40. The Kier molecular flexibility index (Phi) is 2.12. The number of hydrogen-bond acceptors (Lipinski definition) is 3. The van der Waals surface area contributed by atoms with E-state index in [0.29, 0.717) is 0 Å². The first-order chi connectivity index (χ1) is 5.47. The Bertz CT molecular complexity index is 195. The first-order valence-corrected chi connectivity index (χ1v) is 2.92. The first-order valence-electron chi connectivity index (χ1n) is 2.92. The van der Waals surface area contributed by atoms with Gasteiger partial charge < -0.3 is 9.47 Å². The molecule has 1 aliphatic rings. The van der Waals surface area contributed by atoms with E-state index in [0.717, 1.165) is 0 Å². The second-order valence-corrected chi connectivity index (χ2v) is 2.15. The Morgan fingerprint density at radius 3 is 2.33 bits per heavy atom. The number of hydrogen-bond donors (Lipinski definition) is 0. The van der Waals surface area contributed by atoms with Gasteiger partial charge in [0.1, 0.15) is 0 Å². The molecular weight excluding hydrogens is 184 g/mol. The fourth-order valence-corrected chi connectivity index (χ4v) is 0.693. The van der Waals surface area contributed by atoms with Crippen LogP contribution in [0.15, 0.2) is 0 Å². The Balaban J connectivity index is 2.69. The molecule has 2 unspecified atom stereocenters. The largest absolute Gasteiger partial charge is 0.511 e. The summed E-state index contributed by atoms with van der Waals surface area (Å²) in [4.78, 5) is 10.1. The van der Waals surface area contributed by atoms with Crippen LogP contribution in [0.2, 0.25) is 0 Å². The van der Waals surface area contributed by atoms with Gasteiger partial charge in [0, 0.05) is 0 Å². The van der Waals surface area contributed by atoms with Gasteiger partial charge in [-0.3, -0.25) is 0 Å². The van der Waals surface area contributed by atoms with Crippen LogP contribution >= 0.6 is 0 Å². The van der Waals surface area contributed by atoms with Crippen molar-refractivity contribution in [3.63, 3.8) is 0 Å². The lowest BCUT2D eigenvalue weighted by atomic mass is 10.2. The van der Waals surface area contributed by atoms with Crippen molar-refractivity contribution >= 4 is 6.16 Å². The van der Waals surface area contributed by atoms with Crippen molar-refractivity contribution < 1.29 is 31.8 Å². The summed E-state index contributed by atoms with van der Waals surface area (Å²) in [5.74, 6) is -4.04. The third-order valence-electron chi connectivity index (χ3n) is 1.26. The van der Waals surface area contributed by atoms with Crippen LogP contribution in [-0.4, -0.2) is 31.2 Å². The molecule has 70 valence electrons. The molecule has 1 rings (SSSR count). The van der Waals surface area contributed by atoms with E-state index in [2.05, 4.69) is 9.47 Å². The molecule has 0 aromatic heterocycles. The fourth-order valence-electron chi connectivity index (χ4n) is 0.693. The topological polar surface area (TPSA) is 35.5 Å². The average Bonchev–Trinajstić information content (AvgIpc) is 2.31. The van der Waals surface area contributed by atoms with Gasteiger partial charge in [-0.1, -0.05) is 0 Å². The average molecular weight is 188 g/mol. The van der Waals surface area contributed by atoms with Gasteiger partial charge in [-0.05, 0) is 0 Å². The molecule has 0 aromatic carbocycles. The highest BCUT2D eigenvalue weighted by molar-refractivity contribution is 5.62. The summed E-state index contributed by atoms with van der Waals surface area (Å²) in [6, 6.07) is 0. The first kappa shape index (κ1) is 9.08. The Morgan fingerprint density at radius 2 is 2.00 bits per heavy atom. The summed E-state index contributed by atoms with van der Waals surface area (Å²) in [6.07, 6.45) is -6.64. The summed E-state index contributed by atoms with van der Waals surface area (Å²) < 4.78 is 55.8. The minimum absolute atomic E-state index is 1.55. The van der Waals surface area contributed by atoms with Crippen molar-refractivity contribution in [2.45, 2.75) is 18.4 Å². The lowest BCUT2D eigenvalue weighted by Gasteiger charge is -2.17. The molecule has 0 aromatic rings. The molecule has 0 amide bonds. The molecule has 1 aliphatic heterocycles. The minimum atomic E-state index is -4.04. The van der Waals surface area contributed by atoms with E-state index in [4.69, 9.17) is 0 Å². The lowest BCUT2D eigenvalue weighted by molar-refractivity contribution is -0.142. The van der Waals surface area contributed by atoms with E-state index in [1.54, 1.807) is 0 Å². The van der Waals surface area contributed by atoms with Gasteiger partial charge in [-0.25, -0.2) is 9.18 Å². The Morgan fingerprint density at radius 1 is 1.42 bits per heavy atom. The predicted molar refractivity (Wildman–Crippen MR) is 27.2 cm³/mol. The Labute approximate surface area is 64.2 Å². The smallest absolute Gasteiger partial charge is 0.417 e. The maximum atomic E-state index is 12.3. The van der Waals surface area contributed by atoms with Crippen molar-refractivity contribution in [3.8, 4) is 0 Å². The van der Waals surface area contributed by atoms with Crippen molar-refractivity contribution in [3.05, 3.63) is 0 Å². The van der Waals surface area contributed by atoms with E-state index in [1.807, 2.05) is 0 Å². The number of ether oxygens (including phenoxy) is 2. The molecule has 0 bridgehead atoms. The summed E-state index contributed by atoms with van der Waals surface area (Å²) in [6.45, 7) is -2.10. The summed E-state index contributed by atoms with van der Waals surface area (Å²) in [5, 5.41) is 0. The molecule has 0 saturated carbocycles. The minimum Gasteiger partial charge on any atom is -0.417 e. The highest BCUT2D eigenvalue weighted by Crippen LogP contribution is 2.31. The molecule has 0 N–H and O–H groups in total. The number of cyclic esters (lactones) is 2.